The maximum atomic E-state index is 14.4. The van der Waals surface area contributed by atoms with Crippen molar-refractivity contribution in [3.63, 3.8) is 0 Å². The van der Waals surface area contributed by atoms with Gasteiger partial charge in [0.1, 0.15) is 5.82 Å². The van der Waals surface area contributed by atoms with Crippen LogP contribution in [0.2, 0.25) is 0 Å². The second-order valence-corrected chi connectivity index (χ2v) is 10.4. The van der Waals surface area contributed by atoms with Gasteiger partial charge in [0.05, 0.1) is 35.9 Å². The van der Waals surface area contributed by atoms with Gasteiger partial charge in [0.25, 0.3) is 5.91 Å². The van der Waals surface area contributed by atoms with E-state index in [0.717, 1.165) is 12.8 Å². The van der Waals surface area contributed by atoms with Gasteiger partial charge in [-0.1, -0.05) is 48.5 Å². The molecule has 35 heavy (non-hydrogen) atoms. The van der Waals surface area contributed by atoms with Crippen LogP contribution in [0.25, 0.3) is 0 Å². The van der Waals surface area contributed by atoms with E-state index in [-0.39, 0.29) is 42.2 Å². The summed E-state index contributed by atoms with van der Waals surface area (Å²) in [6.07, 6.45) is 4.56. The van der Waals surface area contributed by atoms with E-state index in [1.807, 2.05) is 6.07 Å². The van der Waals surface area contributed by atoms with Crippen LogP contribution in [-0.4, -0.2) is 48.0 Å². The van der Waals surface area contributed by atoms with Crippen LogP contribution in [0.5, 0.6) is 0 Å². The van der Waals surface area contributed by atoms with Gasteiger partial charge in [-0.3, -0.25) is 4.79 Å². The molecule has 0 aliphatic carbocycles. The molecule has 1 aliphatic rings. The number of imidazole rings is 1. The largest absolute Gasteiger partial charge is 0.376 e. The second kappa shape index (κ2) is 11.0. The van der Waals surface area contributed by atoms with Crippen molar-refractivity contribution in [3.8, 4) is 0 Å². The number of sulfone groups is 1. The molecule has 0 unspecified atom stereocenters. The van der Waals surface area contributed by atoms with Crippen LogP contribution in [0.1, 0.15) is 34.5 Å². The van der Waals surface area contributed by atoms with Crippen molar-refractivity contribution in [2.45, 2.75) is 42.9 Å². The van der Waals surface area contributed by atoms with Gasteiger partial charge in [0.2, 0.25) is 15.0 Å². The van der Waals surface area contributed by atoms with Crippen molar-refractivity contribution < 1.29 is 22.3 Å². The lowest BCUT2D eigenvalue weighted by molar-refractivity contribution is 0.0498. The lowest BCUT2D eigenvalue weighted by Crippen LogP contribution is -2.38. The zero-order valence-electron chi connectivity index (χ0n) is 19.3. The predicted octanol–water partition coefficient (Wildman–Crippen LogP) is 4.00. The van der Waals surface area contributed by atoms with E-state index in [2.05, 4.69) is 11.6 Å². The fourth-order valence-electron chi connectivity index (χ4n) is 4.20. The minimum atomic E-state index is -3.77. The Balaban J connectivity index is 1.65. The summed E-state index contributed by atoms with van der Waals surface area (Å²) in [5.41, 5.74) is 1.12. The average Bonchev–Trinajstić information content (AvgIpc) is 3.50. The summed E-state index contributed by atoms with van der Waals surface area (Å²) < 4.78 is 48.1. The molecule has 2 heterocycles. The third-order valence-electron chi connectivity index (χ3n) is 5.88. The fraction of sp³-hybridized carbons (Fsp3) is 0.308. The van der Waals surface area contributed by atoms with Gasteiger partial charge in [-0.15, -0.1) is 6.58 Å². The number of benzene rings is 2. The summed E-state index contributed by atoms with van der Waals surface area (Å²) in [7, 11) is -3.77. The number of carbonyl (C=O) groups excluding carboxylic acids is 1. The van der Waals surface area contributed by atoms with E-state index in [0.29, 0.717) is 17.9 Å². The first-order valence-electron chi connectivity index (χ1n) is 11.5. The molecule has 0 saturated carbocycles. The highest BCUT2D eigenvalue weighted by atomic mass is 32.2. The summed E-state index contributed by atoms with van der Waals surface area (Å²) >= 11 is 0. The molecule has 0 N–H and O–H groups in total. The number of ether oxygens (including phenoxy) is 1. The number of aromatic nitrogens is 2. The minimum Gasteiger partial charge on any atom is -0.376 e. The van der Waals surface area contributed by atoms with Crippen molar-refractivity contribution in [2.75, 3.05) is 13.2 Å². The Hall–Kier alpha value is -3.30. The lowest BCUT2D eigenvalue weighted by atomic mass is 10.1. The number of hydrogen-bond donors (Lipinski definition) is 0. The normalized spacial score (nSPS) is 15.7. The Labute approximate surface area is 204 Å². The van der Waals surface area contributed by atoms with Crippen molar-refractivity contribution in [3.05, 3.63) is 96.1 Å². The molecule has 3 aromatic rings. The van der Waals surface area contributed by atoms with Crippen LogP contribution < -0.4 is 0 Å². The number of hydrogen-bond acceptors (Lipinski definition) is 5. The second-order valence-electron chi connectivity index (χ2n) is 8.48. The van der Waals surface area contributed by atoms with Gasteiger partial charge >= 0.3 is 0 Å². The molecule has 0 radical (unpaired) electrons. The van der Waals surface area contributed by atoms with Crippen LogP contribution in [0.15, 0.2) is 78.6 Å². The fourth-order valence-corrected chi connectivity index (χ4v) is 5.70. The third kappa shape index (κ3) is 5.86. The van der Waals surface area contributed by atoms with Crippen LogP contribution in [0, 0.1) is 5.82 Å². The Morgan fingerprint density at radius 1 is 1.20 bits per heavy atom. The number of nitrogens with zero attached hydrogens (tertiary/aromatic N) is 3. The minimum absolute atomic E-state index is 0.0443. The Bertz CT molecular complexity index is 1280. The Kier molecular flexibility index (Phi) is 7.77. The van der Waals surface area contributed by atoms with Gasteiger partial charge in [0, 0.05) is 19.7 Å². The smallest absolute Gasteiger partial charge is 0.257 e. The van der Waals surface area contributed by atoms with Gasteiger partial charge < -0.3 is 14.2 Å². The highest BCUT2D eigenvalue weighted by Crippen LogP contribution is 2.22. The van der Waals surface area contributed by atoms with Crippen molar-refractivity contribution in [2.24, 2.45) is 0 Å². The molecule has 1 atom stereocenters. The SMILES string of the molecule is C=CCn1c(CN(C[C@H]2CCCO2)C(=O)c2ccccc2F)cnc1S(=O)(=O)Cc1ccccc1. The molecule has 4 rings (SSSR count). The van der Waals surface area contributed by atoms with Crippen molar-refractivity contribution >= 4 is 15.7 Å². The summed E-state index contributed by atoms with van der Waals surface area (Å²) in [4.78, 5) is 19.1. The van der Waals surface area contributed by atoms with Crippen LogP contribution in [0.3, 0.4) is 0 Å². The lowest BCUT2D eigenvalue weighted by Gasteiger charge is -2.26. The zero-order chi connectivity index (χ0) is 24.8. The first-order valence-corrected chi connectivity index (χ1v) is 13.1. The van der Waals surface area contributed by atoms with Crippen LogP contribution in [-0.2, 0) is 33.4 Å². The molecule has 1 aromatic heterocycles. The molecule has 0 spiro atoms. The quantitative estimate of drug-likeness (QED) is 0.396. The first kappa shape index (κ1) is 24.8. The number of rotatable bonds is 10. The first-order chi connectivity index (χ1) is 16.9. The van der Waals surface area contributed by atoms with E-state index in [1.165, 1.54) is 29.3 Å². The molecular weight excluding hydrogens is 469 g/mol. The van der Waals surface area contributed by atoms with Gasteiger partial charge in [-0.25, -0.2) is 17.8 Å². The maximum absolute atomic E-state index is 14.4. The van der Waals surface area contributed by atoms with Crippen LogP contribution in [0.4, 0.5) is 4.39 Å². The molecule has 1 amide bonds. The molecule has 2 aromatic carbocycles. The number of allylic oxidation sites excluding steroid dienone is 1. The van der Waals surface area contributed by atoms with Crippen LogP contribution >= 0.6 is 0 Å². The van der Waals surface area contributed by atoms with E-state index in [4.69, 9.17) is 4.74 Å². The number of amides is 1. The summed E-state index contributed by atoms with van der Waals surface area (Å²) in [5, 5.41) is -0.0911. The highest BCUT2D eigenvalue weighted by Gasteiger charge is 2.28. The van der Waals surface area contributed by atoms with E-state index in [1.54, 1.807) is 41.0 Å². The maximum Gasteiger partial charge on any atom is 0.257 e. The molecule has 1 fully saturated rings. The predicted molar refractivity (Wildman–Crippen MR) is 130 cm³/mol. The molecule has 1 saturated heterocycles. The van der Waals surface area contributed by atoms with Gasteiger partial charge in [-0.05, 0) is 30.5 Å². The van der Waals surface area contributed by atoms with E-state index < -0.39 is 21.6 Å². The summed E-state index contributed by atoms with van der Waals surface area (Å²) in [6, 6.07) is 14.7. The molecule has 9 heteroatoms. The van der Waals surface area contributed by atoms with Crippen molar-refractivity contribution in [1.82, 2.24) is 14.5 Å². The standard InChI is InChI=1S/C26H28FN3O4S/c1-2-14-30-21(16-28-26(30)35(32,33)19-20-9-4-3-5-10-20)17-29(18-22-11-8-15-34-22)25(31)23-12-6-7-13-24(23)27/h2-7,9-10,12-13,16,22H,1,8,11,14-15,17-19H2/t22-/m1/s1. The van der Waals surface area contributed by atoms with Crippen molar-refractivity contribution in [1.29, 1.82) is 0 Å². The third-order valence-corrected chi connectivity index (χ3v) is 7.48. The topological polar surface area (TPSA) is 81.5 Å². The average molecular weight is 498 g/mol. The number of carbonyl (C=O) groups is 1. The molecular formula is C26H28FN3O4S. The summed E-state index contributed by atoms with van der Waals surface area (Å²) in [5.74, 6) is -1.30. The molecule has 1 aliphatic heterocycles. The van der Waals surface area contributed by atoms with Gasteiger partial charge in [0.15, 0.2) is 0 Å². The van der Waals surface area contributed by atoms with Gasteiger partial charge in [-0.2, -0.15) is 0 Å². The molecule has 0 bridgehead atoms. The Morgan fingerprint density at radius 2 is 1.94 bits per heavy atom. The zero-order valence-corrected chi connectivity index (χ0v) is 20.2. The molecule has 184 valence electrons. The van der Waals surface area contributed by atoms with E-state index in [9.17, 15) is 17.6 Å². The summed E-state index contributed by atoms with van der Waals surface area (Å²) in [6.45, 7) is 4.87. The number of halogens is 1. The Morgan fingerprint density at radius 3 is 2.63 bits per heavy atom. The monoisotopic (exact) mass is 497 g/mol. The molecule has 7 nitrogen and oxygen atoms in total. The van der Waals surface area contributed by atoms with E-state index >= 15 is 0 Å². The highest BCUT2D eigenvalue weighted by molar-refractivity contribution is 7.90.